The zero-order chi connectivity index (χ0) is 18.4. The Kier molecular flexibility index (Phi) is 6.45. The molecule has 25 heavy (non-hydrogen) atoms. The third-order valence-corrected chi connectivity index (χ3v) is 5.34. The highest BCUT2D eigenvalue weighted by atomic mass is 16.5. The molecule has 2 aliphatic rings. The molecule has 0 N–H and O–H groups in total. The molecule has 0 aliphatic heterocycles. The molecule has 2 rings (SSSR count). The summed E-state index contributed by atoms with van der Waals surface area (Å²) in [6.07, 6.45) is 8.61. The van der Waals surface area contributed by atoms with E-state index < -0.39 is 11.4 Å². The van der Waals surface area contributed by atoms with Crippen LogP contribution in [0, 0.1) is 11.3 Å². The first-order chi connectivity index (χ1) is 11.9. The molecule has 1 fully saturated rings. The van der Waals surface area contributed by atoms with Gasteiger partial charge in [0.15, 0.2) is 11.6 Å². The lowest BCUT2D eigenvalue weighted by atomic mass is 9.74. The van der Waals surface area contributed by atoms with Crippen LogP contribution >= 0.6 is 0 Å². The van der Waals surface area contributed by atoms with Gasteiger partial charge in [-0.3, -0.25) is 19.2 Å². The smallest absolute Gasteiger partial charge is 0.323 e. The minimum absolute atomic E-state index is 0.0593. The van der Waals surface area contributed by atoms with Crippen molar-refractivity contribution >= 4 is 23.3 Å². The summed E-state index contributed by atoms with van der Waals surface area (Å²) in [6, 6.07) is 0. The van der Waals surface area contributed by atoms with E-state index in [-0.39, 0.29) is 36.1 Å². The zero-order valence-electron chi connectivity index (χ0n) is 15.0. The van der Waals surface area contributed by atoms with Crippen LogP contribution in [0.2, 0.25) is 0 Å². The van der Waals surface area contributed by atoms with E-state index in [9.17, 15) is 19.2 Å². The molecule has 0 saturated heterocycles. The highest BCUT2D eigenvalue weighted by molar-refractivity contribution is 6.08. The van der Waals surface area contributed by atoms with Gasteiger partial charge in [-0.05, 0) is 44.6 Å². The fourth-order valence-corrected chi connectivity index (χ4v) is 3.75. The number of hydrogen-bond donors (Lipinski definition) is 0. The first kappa shape index (κ1) is 19.3. The van der Waals surface area contributed by atoms with Crippen molar-refractivity contribution in [1.82, 2.24) is 0 Å². The molecule has 0 spiro atoms. The normalized spacial score (nSPS) is 32.3. The molecule has 0 bridgehead atoms. The Morgan fingerprint density at radius 2 is 1.80 bits per heavy atom. The highest BCUT2D eigenvalue weighted by Crippen LogP contribution is 2.45. The molecule has 2 atom stereocenters. The van der Waals surface area contributed by atoms with Gasteiger partial charge in [-0.1, -0.05) is 17.7 Å². The van der Waals surface area contributed by atoms with Gasteiger partial charge < -0.3 is 4.74 Å². The Morgan fingerprint density at radius 1 is 1.08 bits per heavy atom. The van der Waals surface area contributed by atoms with Crippen molar-refractivity contribution in [3.8, 4) is 0 Å². The molecule has 0 aromatic rings. The molecule has 0 heterocycles. The lowest BCUT2D eigenvalue weighted by Crippen LogP contribution is -2.40. The predicted molar refractivity (Wildman–Crippen MR) is 92.8 cm³/mol. The molecule has 0 amide bonds. The molecule has 1 saturated carbocycles. The summed E-state index contributed by atoms with van der Waals surface area (Å²) in [5, 5.41) is 0. The fourth-order valence-electron chi connectivity index (χ4n) is 3.75. The van der Waals surface area contributed by atoms with Crippen LogP contribution in [-0.4, -0.2) is 30.4 Å². The molecule has 2 aliphatic carbocycles. The van der Waals surface area contributed by atoms with E-state index in [0.717, 1.165) is 12.0 Å². The first-order valence-corrected chi connectivity index (χ1v) is 8.91. The number of rotatable bonds is 1. The van der Waals surface area contributed by atoms with E-state index in [1.54, 1.807) is 0 Å². The van der Waals surface area contributed by atoms with Crippen molar-refractivity contribution in [3.05, 3.63) is 23.8 Å². The molecule has 0 aromatic heterocycles. The summed E-state index contributed by atoms with van der Waals surface area (Å²) >= 11 is 0. The minimum Gasteiger partial charge on any atom is -0.468 e. The quantitative estimate of drug-likeness (QED) is 0.414. The van der Waals surface area contributed by atoms with Gasteiger partial charge in [0.1, 0.15) is 11.2 Å². The summed E-state index contributed by atoms with van der Waals surface area (Å²) in [5.41, 5.74) is -0.236. The summed E-state index contributed by atoms with van der Waals surface area (Å²) in [4.78, 5) is 49.0. The van der Waals surface area contributed by atoms with E-state index in [2.05, 4.69) is 6.08 Å². The van der Waals surface area contributed by atoms with Gasteiger partial charge in [-0.2, -0.15) is 0 Å². The molecule has 0 aromatic carbocycles. The highest BCUT2D eigenvalue weighted by Gasteiger charge is 2.54. The van der Waals surface area contributed by atoms with E-state index in [1.807, 2.05) is 6.92 Å². The maximum atomic E-state index is 12.6. The van der Waals surface area contributed by atoms with Crippen molar-refractivity contribution in [3.63, 3.8) is 0 Å². The molecular formula is C20H26O5. The molecule has 0 radical (unpaired) electrons. The molecule has 0 unspecified atom stereocenters. The van der Waals surface area contributed by atoms with Crippen LogP contribution in [0.25, 0.3) is 0 Å². The van der Waals surface area contributed by atoms with Crippen LogP contribution in [0.5, 0.6) is 0 Å². The molecule has 5 heteroatoms. The summed E-state index contributed by atoms with van der Waals surface area (Å²) in [6.45, 7) is 1.98. The largest absolute Gasteiger partial charge is 0.468 e. The number of allylic oxidation sites excluding steroid dienone is 3. The van der Waals surface area contributed by atoms with Crippen molar-refractivity contribution in [2.45, 2.75) is 58.3 Å². The van der Waals surface area contributed by atoms with Gasteiger partial charge in [-0.15, -0.1) is 0 Å². The Labute approximate surface area is 148 Å². The van der Waals surface area contributed by atoms with Gasteiger partial charge in [0.05, 0.1) is 7.11 Å². The maximum absolute atomic E-state index is 12.6. The lowest BCUT2D eigenvalue weighted by Gasteiger charge is -2.28. The SMILES string of the molecule is COC(=O)[C@@]12/C=C/C(=O)CCC(=O)CC/C(C)=C/CC[C@H]1CCC2=O. The van der Waals surface area contributed by atoms with E-state index in [1.165, 1.54) is 19.3 Å². The molecule has 5 nitrogen and oxygen atoms in total. The van der Waals surface area contributed by atoms with Gasteiger partial charge in [0, 0.05) is 25.7 Å². The Morgan fingerprint density at radius 3 is 2.52 bits per heavy atom. The van der Waals surface area contributed by atoms with E-state index in [4.69, 9.17) is 4.74 Å². The topological polar surface area (TPSA) is 77.5 Å². The Hall–Kier alpha value is -2.04. The number of hydrogen-bond acceptors (Lipinski definition) is 5. The lowest BCUT2D eigenvalue weighted by molar-refractivity contribution is -0.155. The van der Waals surface area contributed by atoms with Gasteiger partial charge in [0.2, 0.25) is 0 Å². The average Bonchev–Trinajstić information content (AvgIpc) is 2.91. The summed E-state index contributed by atoms with van der Waals surface area (Å²) < 4.78 is 4.92. The van der Waals surface area contributed by atoms with Gasteiger partial charge >= 0.3 is 5.97 Å². The van der Waals surface area contributed by atoms with Crippen LogP contribution in [0.1, 0.15) is 58.3 Å². The number of esters is 1. The standard InChI is InChI=1S/C20H26O5/c1-14-4-3-5-15-7-11-18(23)20(15,19(24)25-2)13-12-17(22)10-9-16(21)8-6-14/h4,12-13,15H,3,5-11H2,1-2H3/b13-12+,14-4+/t15-,20-/m0/s1. The molecular weight excluding hydrogens is 320 g/mol. The third kappa shape index (κ3) is 4.33. The predicted octanol–water partition coefficient (Wildman–Crippen LogP) is 3.12. The Bertz CT molecular complexity index is 628. The maximum Gasteiger partial charge on any atom is 0.323 e. The molecule has 136 valence electrons. The van der Waals surface area contributed by atoms with Crippen molar-refractivity contribution in [1.29, 1.82) is 0 Å². The number of methoxy groups -OCH3 is 1. The number of Topliss-reactive ketones (excluding diaryl/α,β-unsaturated/α-hetero) is 2. The second kappa shape index (κ2) is 8.37. The van der Waals surface area contributed by atoms with E-state index >= 15 is 0 Å². The van der Waals surface area contributed by atoms with Crippen LogP contribution in [-0.2, 0) is 23.9 Å². The van der Waals surface area contributed by atoms with Crippen LogP contribution < -0.4 is 0 Å². The van der Waals surface area contributed by atoms with Crippen LogP contribution in [0.3, 0.4) is 0 Å². The minimum atomic E-state index is -1.36. The zero-order valence-corrected chi connectivity index (χ0v) is 15.0. The first-order valence-electron chi connectivity index (χ1n) is 8.91. The summed E-state index contributed by atoms with van der Waals surface area (Å²) in [5.74, 6) is -1.11. The van der Waals surface area contributed by atoms with E-state index in [0.29, 0.717) is 32.1 Å². The van der Waals surface area contributed by atoms with Crippen molar-refractivity contribution in [2.75, 3.05) is 7.11 Å². The number of carbonyl (C=O) groups excluding carboxylic acids is 4. The van der Waals surface area contributed by atoms with Gasteiger partial charge in [0.25, 0.3) is 0 Å². The second-order valence-corrected chi connectivity index (χ2v) is 6.99. The second-order valence-electron chi connectivity index (χ2n) is 6.99. The Balaban J connectivity index is 2.36. The number of fused-ring (bicyclic) bond motifs is 1. The average molecular weight is 346 g/mol. The monoisotopic (exact) mass is 346 g/mol. The van der Waals surface area contributed by atoms with Crippen LogP contribution in [0.15, 0.2) is 23.8 Å². The number of ketones is 3. The van der Waals surface area contributed by atoms with Crippen molar-refractivity contribution in [2.24, 2.45) is 11.3 Å². The third-order valence-electron chi connectivity index (χ3n) is 5.34. The van der Waals surface area contributed by atoms with Gasteiger partial charge in [-0.25, -0.2) is 0 Å². The van der Waals surface area contributed by atoms with Crippen molar-refractivity contribution < 1.29 is 23.9 Å². The number of carbonyl (C=O) groups is 4. The summed E-state index contributed by atoms with van der Waals surface area (Å²) in [7, 11) is 1.27. The fraction of sp³-hybridized carbons (Fsp3) is 0.600. The van der Waals surface area contributed by atoms with Crippen LogP contribution in [0.4, 0.5) is 0 Å². The number of ether oxygens (including phenoxy) is 1.